The fourth-order valence-electron chi connectivity index (χ4n) is 2.28. The number of hydrogen-bond acceptors (Lipinski definition) is 3. The summed E-state index contributed by atoms with van der Waals surface area (Å²) in [4.78, 5) is 18.9. The van der Waals surface area contributed by atoms with Gasteiger partial charge in [-0.15, -0.1) is 0 Å². The first-order valence-corrected chi connectivity index (χ1v) is 6.35. The van der Waals surface area contributed by atoms with Crippen LogP contribution in [0.3, 0.4) is 0 Å². The van der Waals surface area contributed by atoms with Crippen LogP contribution in [0.2, 0.25) is 0 Å². The summed E-state index contributed by atoms with van der Waals surface area (Å²) in [6.45, 7) is 6.66. The molecule has 0 aromatic heterocycles. The van der Waals surface area contributed by atoms with Crippen molar-refractivity contribution in [2.75, 3.05) is 0 Å². The molecular formula is C13H24O5. The van der Waals surface area contributed by atoms with Gasteiger partial charge in [0, 0.05) is 0 Å². The maximum absolute atomic E-state index is 9.71. The number of carboxylic acid groups (broad SMARTS) is 2. The second-order valence-corrected chi connectivity index (χ2v) is 5.36. The molecule has 0 saturated heterocycles. The number of carboxylic acids is 2. The molecule has 0 amide bonds. The van der Waals surface area contributed by atoms with E-state index in [9.17, 15) is 14.7 Å². The van der Waals surface area contributed by atoms with Crippen molar-refractivity contribution in [1.29, 1.82) is 0 Å². The summed E-state index contributed by atoms with van der Waals surface area (Å²) >= 11 is 0. The summed E-state index contributed by atoms with van der Waals surface area (Å²) in [5, 5.41) is 25.1. The molecule has 1 fully saturated rings. The number of hydrogen-bond donors (Lipinski definition) is 3. The first-order valence-electron chi connectivity index (χ1n) is 6.35. The lowest BCUT2D eigenvalue weighted by Crippen LogP contribution is -2.31. The maximum Gasteiger partial charge on any atom is 0.314 e. The molecule has 106 valence electrons. The van der Waals surface area contributed by atoms with Crippen molar-refractivity contribution >= 4 is 11.9 Å². The van der Waals surface area contributed by atoms with Gasteiger partial charge in [-0.05, 0) is 30.6 Å². The minimum atomic E-state index is -1.31. The Hall–Kier alpha value is -1.10. The molecule has 3 unspecified atom stereocenters. The monoisotopic (exact) mass is 260 g/mol. The van der Waals surface area contributed by atoms with Crippen molar-refractivity contribution in [3.63, 3.8) is 0 Å². The topological polar surface area (TPSA) is 94.8 Å². The number of aliphatic carboxylic acids is 2. The van der Waals surface area contributed by atoms with Gasteiger partial charge in [0.15, 0.2) is 0 Å². The molecule has 0 heterocycles. The summed E-state index contributed by atoms with van der Waals surface area (Å²) in [6.07, 6.45) is 2.71. The highest BCUT2D eigenvalue weighted by Gasteiger charge is 2.28. The molecule has 1 aliphatic carbocycles. The zero-order chi connectivity index (χ0) is 14.3. The van der Waals surface area contributed by atoms with Crippen molar-refractivity contribution in [2.45, 2.75) is 52.6 Å². The van der Waals surface area contributed by atoms with Crippen molar-refractivity contribution in [3.05, 3.63) is 0 Å². The normalized spacial score (nSPS) is 27.3. The van der Waals surface area contributed by atoms with Crippen molar-refractivity contribution < 1.29 is 24.9 Å². The fraction of sp³-hybridized carbons (Fsp3) is 0.846. The van der Waals surface area contributed by atoms with Crippen molar-refractivity contribution in [3.8, 4) is 0 Å². The van der Waals surface area contributed by atoms with E-state index in [-0.39, 0.29) is 6.10 Å². The van der Waals surface area contributed by atoms with E-state index in [4.69, 9.17) is 10.2 Å². The van der Waals surface area contributed by atoms with E-state index in [0.29, 0.717) is 11.8 Å². The average molecular weight is 260 g/mol. The molecule has 0 bridgehead atoms. The molecule has 0 radical (unpaired) electrons. The van der Waals surface area contributed by atoms with Gasteiger partial charge < -0.3 is 15.3 Å². The Morgan fingerprint density at radius 3 is 1.94 bits per heavy atom. The number of aliphatic hydroxyl groups excluding tert-OH is 1. The van der Waals surface area contributed by atoms with E-state index in [1.165, 1.54) is 12.8 Å². The van der Waals surface area contributed by atoms with Crippen LogP contribution >= 0.6 is 0 Å². The third-order valence-electron chi connectivity index (χ3n) is 3.29. The maximum atomic E-state index is 9.71. The zero-order valence-corrected chi connectivity index (χ0v) is 11.3. The highest BCUT2D eigenvalue weighted by atomic mass is 16.4. The smallest absolute Gasteiger partial charge is 0.314 e. The molecule has 5 nitrogen and oxygen atoms in total. The molecule has 1 rings (SSSR count). The first kappa shape index (κ1) is 16.9. The predicted octanol–water partition coefficient (Wildman–Crippen LogP) is 1.99. The fourth-order valence-corrected chi connectivity index (χ4v) is 2.28. The SMILES string of the molecule is CC1CCC(C(C)C)C(O)C1.O=C(O)CC(=O)O. The van der Waals surface area contributed by atoms with Crippen LogP contribution in [0.4, 0.5) is 0 Å². The van der Waals surface area contributed by atoms with E-state index in [2.05, 4.69) is 20.8 Å². The van der Waals surface area contributed by atoms with Gasteiger partial charge in [-0.25, -0.2) is 0 Å². The predicted molar refractivity (Wildman–Crippen MR) is 67.2 cm³/mol. The Balaban J connectivity index is 0.000000360. The third kappa shape index (κ3) is 7.27. The highest BCUT2D eigenvalue weighted by Crippen LogP contribution is 2.33. The van der Waals surface area contributed by atoms with E-state index in [1.54, 1.807) is 0 Å². The summed E-state index contributed by atoms with van der Waals surface area (Å²) < 4.78 is 0. The lowest BCUT2D eigenvalue weighted by atomic mass is 9.75. The first-order chi connectivity index (χ1) is 8.23. The highest BCUT2D eigenvalue weighted by molar-refractivity contribution is 5.88. The van der Waals surface area contributed by atoms with Crippen molar-refractivity contribution in [1.82, 2.24) is 0 Å². The summed E-state index contributed by atoms with van der Waals surface area (Å²) in [7, 11) is 0. The van der Waals surface area contributed by atoms with Crippen LogP contribution in [-0.2, 0) is 9.59 Å². The van der Waals surface area contributed by atoms with E-state index < -0.39 is 18.4 Å². The summed E-state index contributed by atoms with van der Waals surface area (Å²) in [6, 6.07) is 0. The standard InChI is InChI=1S/C10H20O.C3H4O4/c1-7(2)9-5-4-8(3)6-10(9)11;4-2(5)1-3(6)7/h7-11H,4-6H2,1-3H3;1H2,(H,4,5)(H,6,7). The Morgan fingerprint density at radius 2 is 1.67 bits per heavy atom. The van der Waals surface area contributed by atoms with Crippen LogP contribution in [0.5, 0.6) is 0 Å². The van der Waals surface area contributed by atoms with Gasteiger partial charge in [-0.1, -0.05) is 27.2 Å². The molecule has 0 spiro atoms. The quantitative estimate of drug-likeness (QED) is 0.674. The molecule has 0 aromatic carbocycles. The lowest BCUT2D eigenvalue weighted by molar-refractivity contribution is -0.147. The molecule has 1 aliphatic rings. The van der Waals surface area contributed by atoms with Crippen molar-refractivity contribution in [2.24, 2.45) is 17.8 Å². The Kier molecular flexibility index (Phi) is 7.59. The molecule has 0 aromatic rings. The molecule has 3 N–H and O–H groups in total. The van der Waals surface area contributed by atoms with Gasteiger partial charge in [0.2, 0.25) is 0 Å². The Labute approximate surface area is 108 Å². The van der Waals surface area contributed by atoms with Crippen LogP contribution in [0.1, 0.15) is 46.5 Å². The van der Waals surface area contributed by atoms with Gasteiger partial charge in [-0.3, -0.25) is 9.59 Å². The minimum absolute atomic E-state index is 0.0289. The van der Waals surface area contributed by atoms with Gasteiger partial charge in [-0.2, -0.15) is 0 Å². The third-order valence-corrected chi connectivity index (χ3v) is 3.29. The number of carbonyl (C=O) groups is 2. The number of rotatable bonds is 3. The summed E-state index contributed by atoms with van der Waals surface area (Å²) in [5.41, 5.74) is 0. The van der Waals surface area contributed by atoms with E-state index >= 15 is 0 Å². The average Bonchev–Trinajstić information content (AvgIpc) is 2.14. The van der Waals surface area contributed by atoms with Crippen LogP contribution in [-0.4, -0.2) is 33.4 Å². The Morgan fingerprint density at radius 1 is 1.17 bits per heavy atom. The van der Waals surface area contributed by atoms with Gasteiger partial charge in [0.1, 0.15) is 6.42 Å². The van der Waals surface area contributed by atoms with Gasteiger partial charge >= 0.3 is 11.9 Å². The van der Waals surface area contributed by atoms with E-state index in [1.807, 2.05) is 0 Å². The summed E-state index contributed by atoms with van der Waals surface area (Å²) in [5.74, 6) is -0.677. The zero-order valence-electron chi connectivity index (χ0n) is 11.3. The molecular weight excluding hydrogens is 236 g/mol. The molecule has 0 aliphatic heterocycles. The number of aliphatic hydroxyl groups is 1. The van der Waals surface area contributed by atoms with E-state index in [0.717, 1.165) is 12.3 Å². The molecule has 3 atom stereocenters. The van der Waals surface area contributed by atoms with Gasteiger partial charge in [0.05, 0.1) is 6.10 Å². The second kappa shape index (κ2) is 8.08. The van der Waals surface area contributed by atoms with Crippen LogP contribution < -0.4 is 0 Å². The molecule has 1 saturated carbocycles. The molecule has 5 heteroatoms. The lowest BCUT2D eigenvalue weighted by Gasteiger charge is -2.33. The second-order valence-electron chi connectivity index (χ2n) is 5.36. The minimum Gasteiger partial charge on any atom is -0.481 e. The van der Waals surface area contributed by atoms with Crippen LogP contribution in [0.15, 0.2) is 0 Å². The van der Waals surface area contributed by atoms with Crippen LogP contribution in [0.25, 0.3) is 0 Å². The van der Waals surface area contributed by atoms with Crippen LogP contribution in [0, 0.1) is 17.8 Å². The Bertz CT molecular complexity index is 263. The van der Waals surface area contributed by atoms with Gasteiger partial charge in [0.25, 0.3) is 0 Å². The largest absolute Gasteiger partial charge is 0.481 e. The molecule has 18 heavy (non-hydrogen) atoms.